The number of unbranched alkanes of at least 4 members (excludes halogenated alkanes) is 1. The van der Waals surface area contributed by atoms with Crippen LogP contribution in [0.15, 0.2) is 0 Å². The normalized spacial score (nSPS) is 14.8. The van der Waals surface area contributed by atoms with Crippen LogP contribution >= 0.6 is 0 Å². The fourth-order valence-electron chi connectivity index (χ4n) is 1.14. The second-order valence-electron chi connectivity index (χ2n) is 4.17. The summed E-state index contributed by atoms with van der Waals surface area (Å²) in [6.45, 7) is 6.57. The Hall–Kier alpha value is -0.200. The van der Waals surface area contributed by atoms with E-state index in [0.29, 0.717) is 39.6 Å². The first-order valence-electron chi connectivity index (χ1n) is 6.22. The lowest BCUT2D eigenvalue weighted by atomic mass is 10.3. The third kappa shape index (κ3) is 15.8. The van der Waals surface area contributed by atoms with E-state index < -0.39 is 12.2 Å². The van der Waals surface area contributed by atoms with Crippen LogP contribution in [0.5, 0.6) is 0 Å². The van der Waals surface area contributed by atoms with Crippen LogP contribution < -0.4 is 0 Å². The van der Waals surface area contributed by atoms with Crippen molar-refractivity contribution >= 4 is 0 Å². The van der Waals surface area contributed by atoms with Gasteiger partial charge in [-0.3, -0.25) is 0 Å². The van der Waals surface area contributed by atoms with Gasteiger partial charge in [-0.1, -0.05) is 0 Å². The molecule has 0 aromatic heterocycles. The lowest BCUT2D eigenvalue weighted by Crippen LogP contribution is -2.14. The summed E-state index contributed by atoms with van der Waals surface area (Å²) in [7, 11) is 0. The summed E-state index contributed by atoms with van der Waals surface area (Å²) in [6.07, 6.45) is 1.07. The first-order chi connectivity index (χ1) is 8.13. The minimum absolute atomic E-state index is 0.358. The highest BCUT2D eigenvalue weighted by atomic mass is 16.5. The average Bonchev–Trinajstić information content (AvgIpc) is 2.25. The zero-order valence-electron chi connectivity index (χ0n) is 10.9. The lowest BCUT2D eigenvalue weighted by Gasteiger charge is -2.08. The van der Waals surface area contributed by atoms with Crippen molar-refractivity contribution in [3.05, 3.63) is 0 Å². The van der Waals surface area contributed by atoms with Gasteiger partial charge >= 0.3 is 0 Å². The molecule has 0 bridgehead atoms. The van der Waals surface area contributed by atoms with E-state index in [4.69, 9.17) is 24.4 Å². The molecule has 0 aliphatic carbocycles. The van der Waals surface area contributed by atoms with Gasteiger partial charge in [0.1, 0.15) is 0 Å². The van der Waals surface area contributed by atoms with Gasteiger partial charge in [-0.2, -0.15) is 0 Å². The molecule has 0 amide bonds. The Bertz CT molecular complexity index is 134. The van der Waals surface area contributed by atoms with Gasteiger partial charge in [0.2, 0.25) is 0 Å². The molecule has 2 unspecified atom stereocenters. The molecule has 0 saturated carbocycles. The highest BCUT2D eigenvalue weighted by molar-refractivity contribution is 4.44. The van der Waals surface area contributed by atoms with Crippen LogP contribution in [-0.2, 0) is 14.2 Å². The van der Waals surface area contributed by atoms with Crippen LogP contribution in [0, 0.1) is 0 Å². The van der Waals surface area contributed by atoms with E-state index in [2.05, 4.69) is 0 Å². The van der Waals surface area contributed by atoms with Crippen molar-refractivity contribution in [1.82, 2.24) is 0 Å². The standard InChI is InChI=1S/C12H26O5/c1-11(13)9-16-6-4-3-5-15-7-8-17-10-12(2)14/h11-14H,3-10H2,1-2H3. The quantitative estimate of drug-likeness (QED) is 0.496. The van der Waals surface area contributed by atoms with Gasteiger partial charge in [0.05, 0.1) is 38.6 Å². The number of aliphatic hydroxyl groups excluding tert-OH is 2. The molecule has 104 valence electrons. The molecule has 5 heteroatoms. The van der Waals surface area contributed by atoms with Crippen LogP contribution in [0.4, 0.5) is 0 Å². The number of hydrogen-bond donors (Lipinski definition) is 2. The molecular formula is C12H26O5. The van der Waals surface area contributed by atoms with Crippen molar-refractivity contribution in [3.8, 4) is 0 Å². The largest absolute Gasteiger partial charge is 0.391 e. The molecule has 5 nitrogen and oxygen atoms in total. The summed E-state index contributed by atoms with van der Waals surface area (Å²) >= 11 is 0. The van der Waals surface area contributed by atoms with Gasteiger partial charge in [0, 0.05) is 13.2 Å². The molecule has 0 aliphatic heterocycles. The molecule has 2 N–H and O–H groups in total. The SMILES string of the molecule is CC(O)COCCCCOCCOCC(C)O. The molecular weight excluding hydrogens is 224 g/mol. The van der Waals surface area contributed by atoms with Crippen molar-refractivity contribution in [2.75, 3.05) is 39.6 Å². The zero-order chi connectivity index (χ0) is 12.9. The highest BCUT2D eigenvalue weighted by Gasteiger charge is 1.96. The summed E-state index contributed by atoms with van der Waals surface area (Å²) in [5.74, 6) is 0. The molecule has 2 atom stereocenters. The Morgan fingerprint density at radius 3 is 1.65 bits per heavy atom. The summed E-state index contributed by atoms with van der Waals surface area (Å²) in [5, 5.41) is 17.9. The molecule has 0 saturated heterocycles. The Morgan fingerprint density at radius 1 is 0.706 bits per heavy atom. The van der Waals surface area contributed by atoms with E-state index in [9.17, 15) is 0 Å². The lowest BCUT2D eigenvalue weighted by molar-refractivity contribution is 0.00656. The van der Waals surface area contributed by atoms with Crippen LogP contribution in [0.25, 0.3) is 0 Å². The molecule has 0 aliphatic rings. The molecule has 17 heavy (non-hydrogen) atoms. The van der Waals surface area contributed by atoms with Crippen molar-refractivity contribution < 1.29 is 24.4 Å². The Labute approximate surface area is 104 Å². The van der Waals surface area contributed by atoms with Gasteiger partial charge in [-0.05, 0) is 26.7 Å². The second kappa shape index (κ2) is 12.3. The Kier molecular flexibility index (Phi) is 12.1. The van der Waals surface area contributed by atoms with Crippen molar-refractivity contribution in [2.24, 2.45) is 0 Å². The van der Waals surface area contributed by atoms with E-state index in [1.54, 1.807) is 13.8 Å². The van der Waals surface area contributed by atoms with Gasteiger partial charge in [0.25, 0.3) is 0 Å². The predicted molar refractivity (Wildman–Crippen MR) is 65.1 cm³/mol. The number of rotatable bonds is 12. The molecule has 0 fully saturated rings. The van der Waals surface area contributed by atoms with Crippen LogP contribution in [0.2, 0.25) is 0 Å². The van der Waals surface area contributed by atoms with Gasteiger partial charge in [0.15, 0.2) is 0 Å². The first-order valence-corrected chi connectivity index (χ1v) is 6.22. The number of ether oxygens (including phenoxy) is 3. The van der Waals surface area contributed by atoms with E-state index in [-0.39, 0.29) is 0 Å². The van der Waals surface area contributed by atoms with Crippen molar-refractivity contribution in [3.63, 3.8) is 0 Å². The summed E-state index contributed by atoms with van der Waals surface area (Å²) in [6, 6.07) is 0. The van der Waals surface area contributed by atoms with E-state index in [0.717, 1.165) is 12.8 Å². The minimum Gasteiger partial charge on any atom is -0.391 e. The van der Waals surface area contributed by atoms with Crippen LogP contribution in [0.3, 0.4) is 0 Å². The predicted octanol–water partition coefficient (Wildman–Crippen LogP) is 0.578. The average molecular weight is 250 g/mol. The molecule has 0 radical (unpaired) electrons. The van der Waals surface area contributed by atoms with Crippen LogP contribution in [0.1, 0.15) is 26.7 Å². The van der Waals surface area contributed by atoms with Crippen LogP contribution in [-0.4, -0.2) is 62.1 Å². The van der Waals surface area contributed by atoms with Crippen molar-refractivity contribution in [2.45, 2.75) is 38.9 Å². The molecule has 0 rings (SSSR count). The van der Waals surface area contributed by atoms with Crippen molar-refractivity contribution in [1.29, 1.82) is 0 Å². The first kappa shape index (κ1) is 16.8. The zero-order valence-corrected chi connectivity index (χ0v) is 10.9. The minimum atomic E-state index is -0.416. The smallest absolute Gasteiger partial charge is 0.0745 e. The number of hydrogen-bond acceptors (Lipinski definition) is 5. The maximum absolute atomic E-state index is 8.93. The molecule has 0 heterocycles. The number of aliphatic hydroxyl groups is 2. The fourth-order valence-corrected chi connectivity index (χ4v) is 1.14. The molecule has 0 spiro atoms. The monoisotopic (exact) mass is 250 g/mol. The molecule has 0 aromatic carbocycles. The maximum atomic E-state index is 8.93. The third-order valence-electron chi connectivity index (χ3n) is 1.92. The Balaban J connectivity index is 2.94. The third-order valence-corrected chi connectivity index (χ3v) is 1.92. The second-order valence-corrected chi connectivity index (χ2v) is 4.17. The van der Waals surface area contributed by atoms with E-state index >= 15 is 0 Å². The maximum Gasteiger partial charge on any atom is 0.0745 e. The van der Waals surface area contributed by atoms with E-state index in [1.807, 2.05) is 0 Å². The summed E-state index contributed by atoms with van der Waals surface area (Å²) in [4.78, 5) is 0. The topological polar surface area (TPSA) is 68.2 Å². The summed E-state index contributed by atoms with van der Waals surface area (Å²) < 4.78 is 15.7. The van der Waals surface area contributed by atoms with Gasteiger partial charge in [-0.25, -0.2) is 0 Å². The summed E-state index contributed by atoms with van der Waals surface area (Å²) in [5.41, 5.74) is 0. The van der Waals surface area contributed by atoms with E-state index in [1.165, 1.54) is 0 Å². The Morgan fingerprint density at radius 2 is 1.12 bits per heavy atom. The molecule has 0 aromatic rings. The fraction of sp³-hybridized carbons (Fsp3) is 1.00. The van der Waals surface area contributed by atoms with Gasteiger partial charge < -0.3 is 24.4 Å². The van der Waals surface area contributed by atoms with Gasteiger partial charge in [-0.15, -0.1) is 0 Å². The highest BCUT2D eigenvalue weighted by Crippen LogP contribution is 1.93.